The molecule has 0 N–H and O–H groups in total. The average Bonchev–Trinajstić information content (AvgIpc) is 2.76. The third-order valence-corrected chi connectivity index (χ3v) is 7.47. The smallest absolute Gasteiger partial charge is 0.167 e. The van der Waals surface area contributed by atoms with Crippen LogP contribution in [0.5, 0.6) is 11.5 Å². The fraction of sp³-hybridized carbons (Fsp3) is 0.333. The molecule has 2 heterocycles. The van der Waals surface area contributed by atoms with Gasteiger partial charge >= 0.3 is 0 Å². The van der Waals surface area contributed by atoms with Gasteiger partial charge in [0, 0.05) is 41.9 Å². The van der Waals surface area contributed by atoms with Crippen molar-refractivity contribution in [3.63, 3.8) is 0 Å². The summed E-state index contributed by atoms with van der Waals surface area (Å²) < 4.78 is 12.9. The molecule has 0 saturated carbocycles. The van der Waals surface area contributed by atoms with Crippen LogP contribution in [0.1, 0.15) is 64.0 Å². The first kappa shape index (κ1) is 21.2. The van der Waals surface area contributed by atoms with Crippen LogP contribution in [0.2, 0.25) is 0 Å². The number of carbonyl (C=O) groups is 2. The zero-order valence-electron chi connectivity index (χ0n) is 20.0. The Morgan fingerprint density at radius 2 is 1.50 bits per heavy atom. The van der Waals surface area contributed by atoms with Crippen LogP contribution in [0.25, 0.3) is 6.08 Å². The summed E-state index contributed by atoms with van der Waals surface area (Å²) in [5.41, 5.74) is 3.53. The molecule has 0 radical (unpaired) electrons. The Kier molecular flexibility index (Phi) is 4.39. The number of hydrogen-bond acceptors (Lipinski definition) is 4. The zero-order valence-corrected chi connectivity index (χ0v) is 20.0. The largest absolute Gasteiger partial charge is 0.461 e. The third kappa shape index (κ3) is 3.12. The Balaban J connectivity index is 1.65. The van der Waals surface area contributed by atoms with Crippen molar-refractivity contribution in [3.8, 4) is 11.5 Å². The summed E-state index contributed by atoms with van der Waals surface area (Å²) in [6.45, 7) is 8.40. The second-order valence-electron chi connectivity index (χ2n) is 11.3. The Morgan fingerprint density at radius 1 is 0.794 bits per heavy atom. The van der Waals surface area contributed by atoms with Crippen LogP contribution in [-0.2, 0) is 9.59 Å². The summed E-state index contributed by atoms with van der Waals surface area (Å²) >= 11 is 0. The number of ketones is 2. The maximum atomic E-state index is 13.7. The highest BCUT2D eigenvalue weighted by molar-refractivity contribution is 6.07. The highest BCUT2D eigenvalue weighted by Gasteiger charge is 2.50. The second kappa shape index (κ2) is 7.05. The number of ether oxygens (including phenoxy) is 2. The number of carbonyl (C=O) groups excluding carboxylic acids is 2. The minimum atomic E-state index is -0.490. The molecule has 6 rings (SSSR count). The van der Waals surface area contributed by atoms with Crippen LogP contribution in [0, 0.1) is 10.8 Å². The molecular formula is C30H28O4. The van der Waals surface area contributed by atoms with Gasteiger partial charge < -0.3 is 9.47 Å². The summed E-state index contributed by atoms with van der Waals surface area (Å²) in [6, 6.07) is 15.7. The van der Waals surface area contributed by atoms with Crippen molar-refractivity contribution in [2.24, 2.45) is 10.8 Å². The molecule has 4 heteroatoms. The molecule has 0 spiro atoms. The molecule has 2 aliphatic carbocycles. The fourth-order valence-electron chi connectivity index (χ4n) is 6.00. The third-order valence-electron chi connectivity index (χ3n) is 7.47. The fourth-order valence-corrected chi connectivity index (χ4v) is 6.00. The highest BCUT2D eigenvalue weighted by Crippen LogP contribution is 2.57. The van der Waals surface area contributed by atoms with Crippen molar-refractivity contribution in [2.45, 2.75) is 52.9 Å². The molecule has 34 heavy (non-hydrogen) atoms. The van der Waals surface area contributed by atoms with Crippen LogP contribution < -0.4 is 9.47 Å². The molecule has 2 aliphatic heterocycles. The lowest BCUT2D eigenvalue weighted by molar-refractivity contribution is -0.118. The second-order valence-corrected chi connectivity index (χ2v) is 11.3. The SMILES string of the molecule is CC1(C)CC(=O)C2=C(C1)Oc1ccccc1C2C1=C2Oc3ccccc3C=C2C(=O)CC1(C)C. The van der Waals surface area contributed by atoms with Gasteiger partial charge in [-0.25, -0.2) is 0 Å². The number of allylic oxidation sites excluding steroid dienone is 4. The zero-order chi connectivity index (χ0) is 23.8. The van der Waals surface area contributed by atoms with E-state index in [-0.39, 0.29) is 22.9 Å². The van der Waals surface area contributed by atoms with E-state index < -0.39 is 5.41 Å². The van der Waals surface area contributed by atoms with Crippen molar-refractivity contribution in [3.05, 3.63) is 87.9 Å². The molecule has 0 amide bonds. The maximum Gasteiger partial charge on any atom is 0.167 e. The van der Waals surface area contributed by atoms with Crippen LogP contribution in [-0.4, -0.2) is 11.6 Å². The number of Topliss-reactive ketones (excluding diaryl/α,β-unsaturated/α-hetero) is 2. The summed E-state index contributed by atoms with van der Waals surface area (Å²) in [5, 5.41) is 0. The normalized spacial score (nSPS) is 24.2. The first-order valence-electron chi connectivity index (χ1n) is 11.9. The quantitative estimate of drug-likeness (QED) is 0.493. The maximum absolute atomic E-state index is 13.7. The predicted octanol–water partition coefficient (Wildman–Crippen LogP) is 6.53. The van der Waals surface area contributed by atoms with Crippen molar-refractivity contribution in [1.82, 2.24) is 0 Å². The van der Waals surface area contributed by atoms with Crippen molar-refractivity contribution >= 4 is 17.6 Å². The molecule has 4 aliphatic rings. The van der Waals surface area contributed by atoms with Gasteiger partial charge in [-0.15, -0.1) is 0 Å². The topological polar surface area (TPSA) is 52.6 Å². The lowest BCUT2D eigenvalue weighted by Crippen LogP contribution is -2.39. The summed E-state index contributed by atoms with van der Waals surface area (Å²) in [7, 11) is 0. The number of benzene rings is 2. The van der Waals surface area contributed by atoms with Crippen molar-refractivity contribution < 1.29 is 19.1 Å². The van der Waals surface area contributed by atoms with Gasteiger partial charge in [-0.3, -0.25) is 9.59 Å². The van der Waals surface area contributed by atoms with Crippen molar-refractivity contribution in [2.75, 3.05) is 0 Å². The number of fused-ring (bicyclic) bond motifs is 3. The number of hydrogen-bond donors (Lipinski definition) is 0. The van der Waals surface area contributed by atoms with E-state index in [4.69, 9.17) is 9.47 Å². The minimum absolute atomic E-state index is 0.0731. The molecule has 2 aromatic carbocycles. The lowest BCUT2D eigenvalue weighted by atomic mass is 9.61. The summed E-state index contributed by atoms with van der Waals surface area (Å²) in [6.07, 6.45) is 3.48. The Bertz CT molecular complexity index is 1370. The van der Waals surface area contributed by atoms with E-state index in [1.807, 2.05) is 54.6 Å². The first-order valence-corrected chi connectivity index (χ1v) is 11.9. The van der Waals surface area contributed by atoms with Crippen LogP contribution >= 0.6 is 0 Å². The van der Waals surface area contributed by atoms with E-state index in [1.165, 1.54) is 0 Å². The van der Waals surface area contributed by atoms with Gasteiger partial charge in [-0.1, -0.05) is 64.1 Å². The highest BCUT2D eigenvalue weighted by atomic mass is 16.5. The molecule has 0 saturated heterocycles. The van der Waals surface area contributed by atoms with Gasteiger partial charge in [0.05, 0.1) is 5.57 Å². The summed E-state index contributed by atoms with van der Waals surface area (Å²) in [4.78, 5) is 26.9. The molecule has 1 unspecified atom stereocenters. The molecule has 2 aromatic rings. The summed E-state index contributed by atoms with van der Waals surface area (Å²) in [5.74, 6) is 2.75. The molecule has 1 atom stereocenters. The molecule has 4 nitrogen and oxygen atoms in total. The van der Waals surface area contributed by atoms with Gasteiger partial charge in [0.1, 0.15) is 23.0 Å². The Hall–Kier alpha value is -3.40. The van der Waals surface area contributed by atoms with Gasteiger partial charge in [0.15, 0.2) is 11.6 Å². The molecule has 172 valence electrons. The Morgan fingerprint density at radius 3 is 2.29 bits per heavy atom. The molecule has 0 fully saturated rings. The Labute approximate surface area is 200 Å². The predicted molar refractivity (Wildman–Crippen MR) is 130 cm³/mol. The van der Waals surface area contributed by atoms with Crippen LogP contribution in [0.4, 0.5) is 0 Å². The van der Waals surface area contributed by atoms with E-state index in [2.05, 4.69) is 27.7 Å². The van der Waals surface area contributed by atoms with Crippen molar-refractivity contribution in [1.29, 1.82) is 0 Å². The van der Waals surface area contributed by atoms with E-state index in [0.717, 1.165) is 39.5 Å². The van der Waals surface area contributed by atoms with E-state index in [0.29, 0.717) is 30.6 Å². The van der Waals surface area contributed by atoms with E-state index in [1.54, 1.807) is 0 Å². The number of rotatable bonds is 1. The van der Waals surface area contributed by atoms with Gasteiger partial charge in [0.25, 0.3) is 0 Å². The standard InChI is InChI=1S/C30H28O4/c1-29(2)14-21(32)26-24(16-29)33-23-12-8-6-10-18(23)25(26)27-28-19(20(31)15-30(27,3)4)13-17-9-5-7-11-22(17)34-28/h5-13,25H,14-16H2,1-4H3. The van der Waals surface area contributed by atoms with Gasteiger partial charge in [-0.2, -0.15) is 0 Å². The monoisotopic (exact) mass is 452 g/mol. The van der Waals surface area contributed by atoms with Crippen LogP contribution in [0.3, 0.4) is 0 Å². The molecule has 0 bridgehead atoms. The van der Waals surface area contributed by atoms with Crippen LogP contribution in [0.15, 0.2) is 76.8 Å². The minimum Gasteiger partial charge on any atom is -0.461 e. The lowest BCUT2D eigenvalue weighted by Gasteiger charge is -2.44. The van der Waals surface area contributed by atoms with E-state index in [9.17, 15) is 9.59 Å². The average molecular weight is 453 g/mol. The van der Waals surface area contributed by atoms with Gasteiger partial charge in [-0.05, 0) is 34.6 Å². The van der Waals surface area contributed by atoms with E-state index >= 15 is 0 Å². The number of para-hydroxylation sites is 2. The molecule has 0 aromatic heterocycles. The molecular weight excluding hydrogens is 424 g/mol. The van der Waals surface area contributed by atoms with Gasteiger partial charge in [0.2, 0.25) is 0 Å². The first-order chi connectivity index (χ1) is 16.1.